The van der Waals surface area contributed by atoms with Crippen molar-refractivity contribution < 1.29 is 4.79 Å². The van der Waals surface area contributed by atoms with Crippen LogP contribution in [0.1, 0.15) is 25.5 Å². The number of hydrogen-bond acceptors (Lipinski definition) is 4. The van der Waals surface area contributed by atoms with E-state index in [0.717, 1.165) is 30.9 Å². The molecule has 2 rings (SSSR count). The number of aryl methyl sites for hydroxylation is 1. The molecule has 1 aliphatic heterocycles. The molecule has 98 valence electrons. The molecule has 0 spiro atoms. The Kier molecular flexibility index (Phi) is 3.50. The van der Waals surface area contributed by atoms with E-state index in [1.807, 2.05) is 19.9 Å². The van der Waals surface area contributed by atoms with E-state index in [2.05, 4.69) is 20.2 Å². The maximum Gasteiger partial charge on any atom is 0.227 e. The van der Waals surface area contributed by atoms with Crippen LogP contribution >= 0.6 is 0 Å². The van der Waals surface area contributed by atoms with Crippen molar-refractivity contribution in [2.24, 2.45) is 5.41 Å². The average Bonchev–Trinajstić information content (AvgIpc) is 2.38. The third-order valence-corrected chi connectivity index (χ3v) is 3.59. The number of aromatic nitrogens is 2. The fraction of sp³-hybridized carbons (Fsp3) is 0.615. The van der Waals surface area contributed by atoms with Gasteiger partial charge in [0.1, 0.15) is 12.1 Å². The lowest BCUT2D eigenvalue weighted by Crippen LogP contribution is -2.50. The molecule has 1 unspecified atom stereocenters. The highest BCUT2D eigenvalue weighted by Crippen LogP contribution is 2.31. The number of piperidine rings is 1. The summed E-state index contributed by atoms with van der Waals surface area (Å²) in [5.74, 6) is 1.02. The molecule has 2 heterocycles. The van der Waals surface area contributed by atoms with Crippen LogP contribution in [0.15, 0.2) is 12.4 Å². The van der Waals surface area contributed by atoms with Crippen molar-refractivity contribution in [3.63, 3.8) is 0 Å². The Morgan fingerprint density at radius 2 is 2.28 bits per heavy atom. The van der Waals surface area contributed by atoms with E-state index < -0.39 is 0 Å². The fourth-order valence-electron chi connectivity index (χ4n) is 2.54. The second-order valence-electron chi connectivity index (χ2n) is 5.18. The summed E-state index contributed by atoms with van der Waals surface area (Å²) in [6.07, 6.45) is 3.51. The lowest BCUT2D eigenvalue weighted by Gasteiger charge is -2.39. The first kappa shape index (κ1) is 12.8. The van der Waals surface area contributed by atoms with Gasteiger partial charge in [0.2, 0.25) is 5.91 Å². The highest BCUT2D eigenvalue weighted by atomic mass is 16.2. The molecule has 0 aromatic carbocycles. The Labute approximate surface area is 108 Å². The molecule has 0 bridgehead atoms. The van der Waals surface area contributed by atoms with E-state index in [1.165, 1.54) is 0 Å². The molecule has 5 nitrogen and oxygen atoms in total. The van der Waals surface area contributed by atoms with Crippen LogP contribution in [0.5, 0.6) is 0 Å². The second-order valence-corrected chi connectivity index (χ2v) is 5.18. The summed E-state index contributed by atoms with van der Waals surface area (Å²) in [7, 11) is 1.70. The van der Waals surface area contributed by atoms with Gasteiger partial charge in [0, 0.05) is 31.9 Å². The summed E-state index contributed by atoms with van der Waals surface area (Å²) in [5.41, 5.74) is 0.624. The zero-order valence-corrected chi connectivity index (χ0v) is 11.2. The summed E-state index contributed by atoms with van der Waals surface area (Å²) in [6, 6.07) is 1.97. The number of anilines is 1. The molecule has 5 heteroatoms. The molecule has 1 aromatic rings. The standard InChI is InChI=1S/C13H20N4O/c1-10-7-11(16-9-15-10)17-6-4-5-13(2,8-17)12(18)14-3/h7,9H,4-6,8H2,1-3H3,(H,14,18). The van der Waals surface area contributed by atoms with E-state index >= 15 is 0 Å². The van der Waals surface area contributed by atoms with Gasteiger partial charge in [-0.15, -0.1) is 0 Å². The first-order chi connectivity index (χ1) is 8.55. The normalized spacial score (nSPS) is 23.8. The summed E-state index contributed by atoms with van der Waals surface area (Å²) in [5, 5.41) is 2.76. The van der Waals surface area contributed by atoms with Crippen molar-refractivity contribution >= 4 is 11.7 Å². The maximum atomic E-state index is 12.0. The van der Waals surface area contributed by atoms with E-state index in [-0.39, 0.29) is 11.3 Å². The molecule has 0 saturated carbocycles. The number of nitrogens with one attached hydrogen (secondary N) is 1. The number of amides is 1. The van der Waals surface area contributed by atoms with Crippen molar-refractivity contribution in [1.29, 1.82) is 0 Å². The van der Waals surface area contributed by atoms with Crippen LogP contribution in [0.3, 0.4) is 0 Å². The van der Waals surface area contributed by atoms with Crippen LogP contribution in [0.2, 0.25) is 0 Å². The van der Waals surface area contributed by atoms with Crippen molar-refractivity contribution in [2.75, 3.05) is 25.0 Å². The van der Waals surface area contributed by atoms with E-state index in [4.69, 9.17) is 0 Å². The molecule has 1 atom stereocenters. The molecular formula is C13H20N4O. The van der Waals surface area contributed by atoms with Gasteiger partial charge < -0.3 is 10.2 Å². The van der Waals surface area contributed by atoms with Gasteiger partial charge in [0.15, 0.2) is 0 Å². The molecule has 1 saturated heterocycles. The maximum absolute atomic E-state index is 12.0. The van der Waals surface area contributed by atoms with E-state index in [1.54, 1.807) is 13.4 Å². The van der Waals surface area contributed by atoms with Gasteiger partial charge in [-0.3, -0.25) is 4.79 Å². The van der Waals surface area contributed by atoms with Gasteiger partial charge in [-0.2, -0.15) is 0 Å². The summed E-state index contributed by atoms with van der Waals surface area (Å²) >= 11 is 0. The molecule has 18 heavy (non-hydrogen) atoms. The number of hydrogen-bond donors (Lipinski definition) is 1. The van der Waals surface area contributed by atoms with Gasteiger partial charge >= 0.3 is 0 Å². The number of carbonyl (C=O) groups excluding carboxylic acids is 1. The van der Waals surface area contributed by atoms with Crippen LogP contribution in [-0.2, 0) is 4.79 Å². The summed E-state index contributed by atoms with van der Waals surface area (Å²) in [4.78, 5) is 22.5. The summed E-state index contributed by atoms with van der Waals surface area (Å²) in [6.45, 7) is 5.63. The van der Waals surface area contributed by atoms with Crippen LogP contribution < -0.4 is 10.2 Å². The van der Waals surface area contributed by atoms with E-state index in [9.17, 15) is 4.79 Å². The van der Waals surface area contributed by atoms with Gasteiger partial charge in [-0.25, -0.2) is 9.97 Å². The molecule has 0 radical (unpaired) electrons. The van der Waals surface area contributed by atoms with Gasteiger partial charge in [0.05, 0.1) is 5.41 Å². The lowest BCUT2D eigenvalue weighted by atomic mass is 9.81. The minimum absolute atomic E-state index is 0.109. The van der Waals surface area contributed by atoms with Crippen LogP contribution in [0.25, 0.3) is 0 Å². The fourth-order valence-corrected chi connectivity index (χ4v) is 2.54. The number of carbonyl (C=O) groups is 1. The predicted molar refractivity (Wildman–Crippen MR) is 70.4 cm³/mol. The van der Waals surface area contributed by atoms with E-state index in [0.29, 0.717) is 6.54 Å². The third kappa shape index (κ3) is 2.44. The molecule has 1 N–H and O–H groups in total. The quantitative estimate of drug-likeness (QED) is 0.852. The van der Waals surface area contributed by atoms with Crippen molar-refractivity contribution in [3.05, 3.63) is 18.1 Å². The highest BCUT2D eigenvalue weighted by Gasteiger charge is 2.37. The smallest absolute Gasteiger partial charge is 0.227 e. The Balaban J connectivity index is 2.19. The molecule has 1 amide bonds. The van der Waals surface area contributed by atoms with Crippen molar-refractivity contribution in [1.82, 2.24) is 15.3 Å². The van der Waals surface area contributed by atoms with Crippen LogP contribution in [-0.4, -0.2) is 36.0 Å². The Morgan fingerprint density at radius 1 is 1.50 bits per heavy atom. The van der Waals surface area contributed by atoms with Crippen LogP contribution in [0, 0.1) is 12.3 Å². The first-order valence-electron chi connectivity index (χ1n) is 6.31. The SMILES string of the molecule is CNC(=O)C1(C)CCCN(c2cc(C)ncn2)C1. The van der Waals surface area contributed by atoms with Gasteiger partial charge in [0.25, 0.3) is 0 Å². The molecule has 1 aliphatic rings. The number of rotatable bonds is 2. The number of nitrogens with zero attached hydrogens (tertiary/aromatic N) is 3. The Morgan fingerprint density at radius 3 is 2.94 bits per heavy atom. The minimum Gasteiger partial charge on any atom is -0.359 e. The second kappa shape index (κ2) is 4.92. The Bertz CT molecular complexity index is 448. The van der Waals surface area contributed by atoms with Crippen LogP contribution in [0.4, 0.5) is 5.82 Å². The monoisotopic (exact) mass is 248 g/mol. The molecular weight excluding hydrogens is 228 g/mol. The van der Waals surface area contributed by atoms with Crippen molar-refractivity contribution in [2.45, 2.75) is 26.7 Å². The third-order valence-electron chi connectivity index (χ3n) is 3.59. The first-order valence-corrected chi connectivity index (χ1v) is 6.31. The topological polar surface area (TPSA) is 58.1 Å². The van der Waals surface area contributed by atoms with Gasteiger partial charge in [-0.05, 0) is 26.7 Å². The van der Waals surface area contributed by atoms with Crippen molar-refractivity contribution in [3.8, 4) is 0 Å². The Hall–Kier alpha value is -1.65. The highest BCUT2D eigenvalue weighted by molar-refractivity contribution is 5.82. The molecule has 0 aliphatic carbocycles. The zero-order chi connectivity index (χ0) is 13.2. The minimum atomic E-state index is -0.328. The molecule has 1 fully saturated rings. The molecule has 1 aromatic heterocycles. The lowest BCUT2D eigenvalue weighted by molar-refractivity contribution is -0.130. The predicted octanol–water partition coefficient (Wildman–Crippen LogP) is 1.14. The average molecular weight is 248 g/mol. The summed E-state index contributed by atoms with van der Waals surface area (Å²) < 4.78 is 0. The largest absolute Gasteiger partial charge is 0.359 e. The van der Waals surface area contributed by atoms with Gasteiger partial charge in [-0.1, -0.05) is 0 Å². The zero-order valence-electron chi connectivity index (χ0n) is 11.2.